The number of anilines is 3. The average molecular weight is 481 g/mol. The van der Waals surface area contributed by atoms with E-state index in [1.165, 1.54) is 12.5 Å². The minimum Gasteiger partial charge on any atom is -0.363 e. The topological polar surface area (TPSA) is 104 Å². The van der Waals surface area contributed by atoms with Gasteiger partial charge >= 0.3 is 0 Å². The van der Waals surface area contributed by atoms with Gasteiger partial charge < -0.3 is 15.2 Å². The van der Waals surface area contributed by atoms with Crippen LogP contribution < -0.4 is 10.2 Å². The summed E-state index contributed by atoms with van der Waals surface area (Å²) in [6.45, 7) is 0. The van der Waals surface area contributed by atoms with E-state index in [2.05, 4.69) is 25.3 Å². The quantitative estimate of drug-likeness (QED) is 0.379. The third-order valence-electron chi connectivity index (χ3n) is 5.22. The average Bonchev–Trinajstić information content (AvgIpc) is 3.24. The van der Waals surface area contributed by atoms with Crippen LogP contribution in [0.1, 0.15) is 0 Å². The van der Waals surface area contributed by atoms with Crippen LogP contribution in [0.5, 0.6) is 0 Å². The Balaban J connectivity index is 0.00000259. The minimum absolute atomic E-state index is 0. The van der Waals surface area contributed by atoms with Crippen LogP contribution in [0.2, 0.25) is 0 Å². The number of rotatable bonds is 5. The van der Waals surface area contributed by atoms with Crippen molar-refractivity contribution in [2.45, 2.75) is 9.79 Å². The van der Waals surface area contributed by atoms with Crippen molar-refractivity contribution in [1.29, 1.82) is 0 Å². The van der Waals surface area contributed by atoms with E-state index in [0.29, 0.717) is 22.4 Å². The zero-order valence-electron chi connectivity index (χ0n) is 17.9. The van der Waals surface area contributed by atoms with Crippen molar-refractivity contribution >= 4 is 61.4 Å². The Labute approximate surface area is 197 Å². The van der Waals surface area contributed by atoms with Gasteiger partial charge in [-0.15, -0.1) is 12.4 Å². The summed E-state index contributed by atoms with van der Waals surface area (Å²) in [5.41, 5.74) is 2.16. The molecule has 0 unspecified atom stereocenters. The largest absolute Gasteiger partial charge is 0.363 e. The van der Waals surface area contributed by atoms with E-state index in [1.54, 1.807) is 36.5 Å². The van der Waals surface area contributed by atoms with Gasteiger partial charge in [-0.1, -0.05) is 18.2 Å². The zero-order valence-corrected chi connectivity index (χ0v) is 19.5. The van der Waals surface area contributed by atoms with Crippen molar-refractivity contribution in [1.82, 2.24) is 19.9 Å². The Bertz CT molecular complexity index is 1550. The highest BCUT2D eigenvalue weighted by molar-refractivity contribution is 7.91. The summed E-state index contributed by atoms with van der Waals surface area (Å²) in [5, 5.41) is 4.73. The van der Waals surface area contributed by atoms with Crippen LogP contribution in [0.15, 0.2) is 83.1 Å². The molecular weight excluding hydrogens is 460 g/mol. The lowest BCUT2D eigenvalue weighted by Gasteiger charge is -2.13. The molecule has 0 atom stereocenters. The van der Waals surface area contributed by atoms with Crippen LogP contribution in [-0.4, -0.2) is 42.4 Å². The van der Waals surface area contributed by atoms with E-state index in [0.717, 1.165) is 16.7 Å². The molecule has 8 nitrogen and oxygen atoms in total. The fourth-order valence-electron chi connectivity index (χ4n) is 3.55. The third kappa shape index (κ3) is 4.08. The summed E-state index contributed by atoms with van der Waals surface area (Å²) in [6.07, 6.45) is 4.71. The standard InChI is InChI=1S/C23H20N6O2S.ClH/c1-29(2)22-11-18-20(12-25-22)26-14-27-23(18)28-15-8-9-19-17(10-15)21(13-24-19)32(30,31)16-6-4-3-5-7-16;/h3-14,24H,1-2H3,(H,26,27,28);1H. The summed E-state index contributed by atoms with van der Waals surface area (Å²) in [5.74, 6) is 1.40. The predicted octanol–water partition coefficient (Wildman–Crippen LogP) is 4.57. The van der Waals surface area contributed by atoms with E-state index >= 15 is 0 Å². The van der Waals surface area contributed by atoms with Crippen LogP contribution in [0.4, 0.5) is 17.3 Å². The molecule has 0 fully saturated rings. The van der Waals surface area contributed by atoms with Crippen molar-refractivity contribution in [2.75, 3.05) is 24.3 Å². The number of aromatic nitrogens is 4. The summed E-state index contributed by atoms with van der Waals surface area (Å²) in [7, 11) is 0.172. The fourth-order valence-corrected chi connectivity index (χ4v) is 4.99. The number of nitrogens with zero attached hydrogens (tertiary/aromatic N) is 4. The van der Waals surface area contributed by atoms with Gasteiger partial charge in [0.1, 0.15) is 18.0 Å². The molecule has 0 saturated carbocycles. The lowest BCUT2D eigenvalue weighted by atomic mass is 10.2. The highest BCUT2D eigenvalue weighted by Gasteiger charge is 2.21. The number of benzene rings is 2. The Morgan fingerprint density at radius 1 is 0.939 bits per heavy atom. The van der Waals surface area contributed by atoms with Gasteiger partial charge in [0.05, 0.1) is 21.5 Å². The summed E-state index contributed by atoms with van der Waals surface area (Å²) in [4.78, 5) is 18.5. The normalized spacial score (nSPS) is 11.3. The molecule has 33 heavy (non-hydrogen) atoms. The monoisotopic (exact) mass is 480 g/mol. The Morgan fingerprint density at radius 3 is 2.48 bits per heavy atom. The third-order valence-corrected chi connectivity index (χ3v) is 7.02. The lowest BCUT2D eigenvalue weighted by molar-refractivity contribution is 0.597. The number of nitrogens with one attached hydrogen (secondary N) is 2. The first-order valence-electron chi connectivity index (χ1n) is 9.90. The first-order chi connectivity index (χ1) is 15.4. The van der Waals surface area contributed by atoms with Crippen LogP contribution in [-0.2, 0) is 9.84 Å². The first kappa shape index (κ1) is 22.5. The lowest BCUT2D eigenvalue weighted by Crippen LogP contribution is -2.10. The molecule has 5 rings (SSSR count). The van der Waals surface area contributed by atoms with Gasteiger partial charge in [-0.3, -0.25) is 0 Å². The molecule has 0 spiro atoms. The van der Waals surface area contributed by atoms with Gasteiger partial charge in [0.25, 0.3) is 0 Å². The van der Waals surface area contributed by atoms with E-state index in [-0.39, 0.29) is 22.2 Å². The van der Waals surface area contributed by atoms with E-state index < -0.39 is 9.84 Å². The zero-order chi connectivity index (χ0) is 22.3. The predicted molar refractivity (Wildman–Crippen MR) is 132 cm³/mol. The highest BCUT2D eigenvalue weighted by atomic mass is 35.5. The number of hydrogen-bond acceptors (Lipinski definition) is 7. The van der Waals surface area contributed by atoms with Gasteiger partial charge in [0, 0.05) is 42.3 Å². The smallest absolute Gasteiger partial charge is 0.208 e. The molecule has 0 amide bonds. The summed E-state index contributed by atoms with van der Waals surface area (Å²) in [6, 6.07) is 15.9. The maximum absolute atomic E-state index is 13.2. The van der Waals surface area contributed by atoms with Gasteiger partial charge in [-0.2, -0.15) is 0 Å². The van der Waals surface area contributed by atoms with Gasteiger partial charge in [-0.05, 0) is 36.4 Å². The molecule has 2 aromatic carbocycles. The Kier molecular flexibility index (Phi) is 5.92. The van der Waals surface area contributed by atoms with Gasteiger partial charge in [-0.25, -0.2) is 23.4 Å². The van der Waals surface area contributed by atoms with E-state index in [1.807, 2.05) is 43.3 Å². The molecule has 0 radical (unpaired) electrons. The number of hydrogen-bond donors (Lipinski definition) is 2. The molecule has 10 heteroatoms. The Hall–Kier alpha value is -3.69. The molecule has 0 aliphatic rings. The number of pyridine rings is 1. The van der Waals surface area contributed by atoms with E-state index in [4.69, 9.17) is 0 Å². The second kappa shape index (κ2) is 8.68. The first-order valence-corrected chi connectivity index (χ1v) is 11.4. The molecular formula is C23H21ClN6O2S. The van der Waals surface area contributed by atoms with E-state index in [9.17, 15) is 8.42 Å². The molecule has 0 saturated heterocycles. The second-order valence-corrected chi connectivity index (χ2v) is 9.45. The second-order valence-electron chi connectivity index (χ2n) is 7.53. The molecule has 3 aromatic heterocycles. The molecule has 2 N–H and O–H groups in total. The van der Waals surface area contributed by atoms with Crippen LogP contribution >= 0.6 is 12.4 Å². The molecule has 5 aromatic rings. The SMILES string of the molecule is CN(C)c1cc2c(Nc3ccc4[nH]cc(S(=O)(=O)c5ccccc5)c4c3)ncnc2cn1.Cl. The molecule has 0 aliphatic heterocycles. The number of H-pyrrole nitrogens is 1. The number of fused-ring (bicyclic) bond motifs is 2. The van der Waals surface area contributed by atoms with Crippen molar-refractivity contribution in [3.63, 3.8) is 0 Å². The highest BCUT2D eigenvalue weighted by Crippen LogP contribution is 2.32. The summed E-state index contributed by atoms with van der Waals surface area (Å²) < 4.78 is 26.4. The van der Waals surface area contributed by atoms with Crippen molar-refractivity contribution < 1.29 is 8.42 Å². The van der Waals surface area contributed by atoms with Gasteiger partial charge in [0.2, 0.25) is 9.84 Å². The molecule has 0 bridgehead atoms. The molecule has 168 valence electrons. The number of halogens is 1. The maximum Gasteiger partial charge on any atom is 0.208 e. The fraction of sp³-hybridized carbons (Fsp3) is 0.0870. The molecule has 3 heterocycles. The Morgan fingerprint density at radius 2 is 1.73 bits per heavy atom. The van der Waals surface area contributed by atoms with Crippen LogP contribution in [0.3, 0.4) is 0 Å². The maximum atomic E-state index is 13.2. The molecule has 0 aliphatic carbocycles. The van der Waals surface area contributed by atoms with Crippen LogP contribution in [0.25, 0.3) is 21.8 Å². The summed E-state index contributed by atoms with van der Waals surface area (Å²) >= 11 is 0. The van der Waals surface area contributed by atoms with Gasteiger partial charge in [0.15, 0.2) is 0 Å². The van der Waals surface area contributed by atoms with Crippen molar-refractivity contribution in [2.24, 2.45) is 0 Å². The minimum atomic E-state index is -3.66. The van der Waals surface area contributed by atoms with Crippen molar-refractivity contribution in [3.05, 3.63) is 73.3 Å². The van der Waals surface area contributed by atoms with Crippen molar-refractivity contribution in [3.8, 4) is 0 Å². The number of sulfone groups is 1. The van der Waals surface area contributed by atoms with Crippen LogP contribution in [0, 0.1) is 0 Å². The number of aromatic amines is 1.